The quantitative estimate of drug-likeness (QED) is 0.193. The van der Waals surface area contributed by atoms with E-state index in [4.69, 9.17) is 21.1 Å². The average Bonchev–Trinajstić information content (AvgIpc) is 2.86. The van der Waals surface area contributed by atoms with Crippen molar-refractivity contribution in [3.05, 3.63) is 95.6 Å². The highest BCUT2D eigenvalue weighted by Crippen LogP contribution is 2.42. The molecule has 0 aliphatic heterocycles. The molecule has 4 rings (SSSR count). The zero-order chi connectivity index (χ0) is 25.8. The van der Waals surface area contributed by atoms with Crippen LogP contribution in [0.15, 0.2) is 67.4 Å². The first-order chi connectivity index (χ1) is 17.3. The van der Waals surface area contributed by atoms with E-state index in [2.05, 4.69) is 41.9 Å². The zero-order valence-corrected chi connectivity index (χ0v) is 23.3. The van der Waals surface area contributed by atoms with Gasteiger partial charge in [0.05, 0.1) is 23.7 Å². The third kappa shape index (κ3) is 5.63. The third-order valence-electron chi connectivity index (χ3n) is 5.23. The van der Waals surface area contributed by atoms with E-state index < -0.39 is 0 Å². The van der Waals surface area contributed by atoms with Crippen LogP contribution in [-0.2, 0) is 13.0 Å². The first-order valence-electron chi connectivity index (χ1n) is 11.1. The maximum absolute atomic E-state index is 13.5. The summed E-state index contributed by atoms with van der Waals surface area (Å²) in [5.41, 5.74) is 1.55. The van der Waals surface area contributed by atoms with Crippen molar-refractivity contribution < 1.29 is 13.9 Å². The highest BCUT2D eigenvalue weighted by molar-refractivity contribution is 9.10. The molecule has 0 N–H and O–H groups in total. The molecule has 10 heteroatoms. The Bertz CT molecular complexity index is 1530. The minimum Gasteiger partial charge on any atom is -0.490 e. The number of fused-ring (bicyclic) bond motifs is 1. The lowest BCUT2D eigenvalue weighted by atomic mass is 10.2. The van der Waals surface area contributed by atoms with Crippen LogP contribution >= 0.6 is 43.5 Å². The lowest BCUT2D eigenvalue weighted by Crippen LogP contribution is -2.22. The Labute approximate surface area is 229 Å². The number of rotatable bonds is 8. The molecule has 0 radical (unpaired) electrons. The zero-order valence-electron chi connectivity index (χ0n) is 19.4. The van der Waals surface area contributed by atoms with E-state index in [-0.39, 0.29) is 23.0 Å². The highest BCUT2D eigenvalue weighted by atomic mass is 79.9. The highest BCUT2D eigenvalue weighted by Gasteiger charge is 2.18. The van der Waals surface area contributed by atoms with Crippen molar-refractivity contribution in [1.82, 2.24) is 9.66 Å². The predicted octanol–water partition coefficient (Wildman–Crippen LogP) is 7.14. The smallest absolute Gasteiger partial charge is 0.282 e. The molecule has 6 nitrogen and oxygen atoms in total. The summed E-state index contributed by atoms with van der Waals surface area (Å²) >= 11 is 13.5. The van der Waals surface area contributed by atoms with Gasteiger partial charge in [0.15, 0.2) is 11.5 Å². The summed E-state index contributed by atoms with van der Waals surface area (Å²) in [6.45, 7) is 4.22. The van der Waals surface area contributed by atoms with Gasteiger partial charge in [0.1, 0.15) is 23.3 Å². The molecule has 3 aromatic carbocycles. The molecule has 0 aliphatic rings. The molecular formula is C26H21Br2ClFN3O3. The molecule has 36 heavy (non-hydrogen) atoms. The number of aromatic nitrogens is 2. The molecule has 0 saturated carbocycles. The molecule has 0 amide bonds. The monoisotopic (exact) mass is 635 g/mol. The molecule has 0 atom stereocenters. The van der Waals surface area contributed by atoms with Crippen molar-refractivity contribution in [2.75, 3.05) is 6.61 Å². The van der Waals surface area contributed by atoms with Crippen LogP contribution in [0.4, 0.5) is 4.39 Å². The fourth-order valence-corrected chi connectivity index (χ4v) is 4.56. The normalized spacial score (nSPS) is 11.4. The van der Waals surface area contributed by atoms with Gasteiger partial charge in [0, 0.05) is 20.9 Å². The Balaban J connectivity index is 1.73. The number of ether oxygens (including phenoxy) is 2. The summed E-state index contributed by atoms with van der Waals surface area (Å²) in [7, 11) is 0. The number of hydrogen-bond acceptors (Lipinski definition) is 5. The number of benzene rings is 3. The minimum absolute atomic E-state index is 0.102. The second kappa shape index (κ2) is 11.5. The van der Waals surface area contributed by atoms with Gasteiger partial charge >= 0.3 is 0 Å². The molecule has 0 spiro atoms. The summed E-state index contributed by atoms with van der Waals surface area (Å²) in [6, 6.07) is 13.2. The Morgan fingerprint density at radius 3 is 2.67 bits per heavy atom. The van der Waals surface area contributed by atoms with Gasteiger partial charge in [0.2, 0.25) is 0 Å². The van der Waals surface area contributed by atoms with Crippen molar-refractivity contribution in [2.45, 2.75) is 26.9 Å². The lowest BCUT2D eigenvalue weighted by Gasteiger charge is -2.16. The van der Waals surface area contributed by atoms with E-state index in [1.807, 2.05) is 19.9 Å². The van der Waals surface area contributed by atoms with Gasteiger partial charge < -0.3 is 9.47 Å². The maximum Gasteiger partial charge on any atom is 0.282 e. The van der Waals surface area contributed by atoms with Crippen LogP contribution in [0.2, 0.25) is 5.02 Å². The van der Waals surface area contributed by atoms with Crippen LogP contribution < -0.4 is 15.0 Å². The van der Waals surface area contributed by atoms with Crippen LogP contribution in [0.25, 0.3) is 10.9 Å². The lowest BCUT2D eigenvalue weighted by molar-refractivity contribution is 0.269. The molecule has 186 valence electrons. The maximum atomic E-state index is 13.5. The van der Waals surface area contributed by atoms with Crippen LogP contribution in [0.5, 0.6) is 11.5 Å². The van der Waals surface area contributed by atoms with E-state index in [1.54, 1.807) is 30.3 Å². The van der Waals surface area contributed by atoms with Gasteiger partial charge in [-0.1, -0.05) is 46.6 Å². The van der Waals surface area contributed by atoms with Crippen LogP contribution in [0.1, 0.15) is 30.8 Å². The molecule has 0 bridgehead atoms. The summed E-state index contributed by atoms with van der Waals surface area (Å²) < 4.78 is 27.8. The van der Waals surface area contributed by atoms with Crippen LogP contribution in [0, 0.1) is 5.82 Å². The van der Waals surface area contributed by atoms with E-state index in [0.29, 0.717) is 56.9 Å². The summed E-state index contributed by atoms with van der Waals surface area (Å²) in [5.74, 6) is 0.883. The topological polar surface area (TPSA) is 65.7 Å². The number of aryl methyl sites for hydroxylation is 1. The SMILES string of the molecule is CCOc1cc(C=Nn2c(CC)nc3ccc(Br)cc3c2=O)c(Br)c(Cl)c1OCc1cccc(F)c1. The Morgan fingerprint density at radius 2 is 1.94 bits per heavy atom. The van der Waals surface area contributed by atoms with Gasteiger partial charge in [-0.25, -0.2) is 9.37 Å². The Hall–Kier alpha value is -2.75. The third-order valence-corrected chi connectivity index (χ3v) is 7.17. The summed E-state index contributed by atoms with van der Waals surface area (Å²) in [4.78, 5) is 17.8. The fourth-order valence-electron chi connectivity index (χ4n) is 3.54. The Kier molecular flexibility index (Phi) is 8.43. The summed E-state index contributed by atoms with van der Waals surface area (Å²) in [5, 5.41) is 5.15. The predicted molar refractivity (Wildman–Crippen MR) is 147 cm³/mol. The van der Waals surface area contributed by atoms with Gasteiger partial charge in [-0.2, -0.15) is 9.78 Å². The summed E-state index contributed by atoms with van der Waals surface area (Å²) in [6.07, 6.45) is 2.03. The molecule has 0 fully saturated rings. The average molecular weight is 638 g/mol. The molecule has 0 aliphatic carbocycles. The number of halogens is 4. The first kappa shape index (κ1) is 26.3. The Morgan fingerprint density at radius 1 is 1.14 bits per heavy atom. The second-order valence-electron chi connectivity index (χ2n) is 7.68. The molecule has 1 aromatic heterocycles. The second-order valence-corrected chi connectivity index (χ2v) is 9.76. The van der Waals surface area contributed by atoms with E-state index >= 15 is 0 Å². The largest absolute Gasteiger partial charge is 0.490 e. The van der Waals surface area contributed by atoms with Crippen molar-refractivity contribution in [3.8, 4) is 11.5 Å². The van der Waals surface area contributed by atoms with Crippen molar-refractivity contribution >= 4 is 60.6 Å². The van der Waals surface area contributed by atoms with Crippen molar-refractivity contribution in [1.29, 1.82) is 0 Å². The van der Waals surface area contributed by atoms with Gasteiger partial charge in [-0.3, -0.25) is 4.79 Å². The van der Waals surface area contributed by atoms with Gasteiger partial charge in [0.25, 0.3) is 5.56 Å². The molecule has 0 saturated heterocycles. The van der Waals surface area contributed by atoms with Gasteiger partial charge in [-0.15, -0.1) is 0 Å². The van der Waals surface area contributed by atoms with E-state index in [0.717, 1.165) is 4.47 Å². The number of nitrogens with zero attached hydrogens (tertiary/aromatic N) is 3. The van der Waals surface area contributed by atoms with E-state index in [1.165, 1.54) is 23.0 Å². The van der Waals surface area contributed by atoms with Crippen molar-refractivity contribution in [2.24, 2.45) is 5.10 Å². The van der Waals surface area contributed by atoms with Crippen molar-refractivity contribution in [3.63, 3.8) is 0 Å². The van der Waals surface area contributed by atoms with Gasteiger partial charge in [-0.05, 0) is 64.8 Å². The molecule has 0 unspecified atom stereocenters. The molecule has 1 heterocycles. The molecular weight excluding hydrogens is 617 g/mol. The van der Waals surface area contributed by atoms with Crippen LogP contribution in [-0.4, -0.2) is 22.5 Å². The number of hydrogen-bond donors (Lipinski definition) is 0. The fraction of sp³-hybridized carbons (Fsp3) is 0.192. The van der Waals surface area contributed by atoms with E-state index in [9.17, 15) is 9.18 Å². The standard InChI is InChI=1S/C26H21Br2ClFN3O3/c1-3-22-32-20-9-8-17(27)12-19(20)26(34)33(22)31-13-16-11-21(35-4-2)25(24(29)23(16)28)36-14-15-6-5-7-18(30)10-15/h5-13H,3-4,14H2,1-2H3. The first-order valence-corrected chi connectivity index (χ1v) is 13.1. The molecule has 4 aromatic rings. The van der Waals surface area contributed by atoms with Crippen LogP contribution in [0.3, 0.4) is 0 Å². The minimum atomic E-state index is -0.350.